The maximum absolute atomic E-state index is 5.56. The standard InChI is InChI=1S/C9H14N8S/c1-16-7(4-10)11-13-9(16)18-5-8-12-14-15-17(8)6-2-3-6/h6H,2-5,10H2,1H3. The summed E-state index contributed by atoms with van der Waals surface area (Å²) in [6, 6.07) is 0.495. The van der Waals surface area contributed by atoms with E-state index < -0.39 is 0 Å². The van der Waals surface area contributed by atoms with Crippen LogP contribution in [0.2, 0.25) is 0 Å². The molecule has 8 nitrogen and oxygen atoms in total. The minimum absolute atomic E-state index is 0.393. The van der Waals surface area contributed by atoms with Crippen molar-refractivity contribution in [2.24, 2.45) is 12.8 Å². The smallest absolute Gasteiger partial charge is 0.191 e. The number of thioether (sulfide) groups is 1. The second-order valence-corrected chi connectivity index (χ2v) is 5.16. The largest absolute Gasteiger partial charge is 0.324 e. The van der Waals surface area contributed by atoms with Crippen LogP contribution in [-0.4, -0.2) is 35.0 Å². The molecule has 2 heterocycles. The van der Waals surface area contributed by atoms with Crippen LogP contribution in [0.4, 0.5) is 0 Å². The number of rotatable bonds is 5. The SMILES string of the molecule is Cn1c(CN)nnc1SCc1nnnn1C1CC1. The highest BCUT2D eigenvalue weighted by Gasteiger charge is 2.27. The fourth-order valence-corrected chi connectivity index (χ4v) is 2.53. The Morgan fingerprint density at radius 2 is 2.11 bits per heavy atom. The van der Waals surface area contributed by atoms with Crippen molar-refractivity contribution < 1.29 is 0 Å². The van der Waals surface area contributed by atoms with Crippen molar-refractivity contribution in [2.75, 3.05) is 0 Å². The summed E-state index contributed by atoms with van der Waals surface area (Å²) < 4.78 is 3.81. The third kappa shape index (κ3) is 2.10. The van der Waals surface area contributed by atoms with Crippen molar-refractivity contribution in [3.63, 3.8) is 0 Å². The Morgan fingerprint density at radius 1 is 1.28 bits per heavy atom. The summed E-state index contributed by atoms with van der Waals surface area (Å²) in [6.07, 6.45) is 2.34. The zero-order valence-electron chi connectivity index (χ0n) is 10.0. The van der Waals surface area contributed by atoms with Gasteiger partial charge in [0.2, 0.25) is 0 Å². The first-order valence-corrected chi connectivity index (χ1v) is 6.76. The number of nitrogens with two attached hydrogens (primary N) is 1. The molecule has 96 valence electrons. The van der Waals surface area contributed by atoms with E-state index in [1.54, 1.807) is 11.8 Å². The summed E-state index contributed by atoms with van der Waals surface area (Å²) in [5, 5.41) is 20.7. The molecule has 0 radical (unpaired) electrons. The van der Waals surface area contributed by atoms with Gasteiger partial charge >= 0.3 is 0 Å². The molecule has 18 heavy (non-hydrogen) atoms. The summed E-state index contributed by atoms with van der Waals surface area (Å²) in [7, 11) is 1.91. The molecule has 0 amide bonds. The lowest BCUT2D eigenvalue weighted by atomic mass is 10.6. The Morgan fingerprint density at radius 3 is 2.78 bits per heavy atom. The number of tetrazole rings is 1. The maximum atomic E-state index is 5.56. The summed E-state index contributed by atoms with van der Waals surface area (Å²) >= 11 is 1.57. The lowest BCUT2D eigenvalue weighted by Gasteiger charge is -2.03. The molecular weight excluding hydrogens is 252 g/mol. The normalized spacial score (nSPS) is 15.2. The monoisotopic (exact) mass is 266 g/mol. The van der Waals surface area contributed by atoms with Gasteiger partial charge in [0.15, 0.2) is 11.0 Å². The predicted octanol–water partition coefficient (Wildman–Crippen LogP) is -0.113. The first-order valence-electron chi connectivity index (χ1n) is 5.77. The minimum Gasteiger partial charge on any atom is -0.324 e. The molecule has 0 aromatic carbocycles. The van der Waals surface area contributed by atoms with Crippen molar-refractivity contribution in [1.82, 2.24) is 35.0 Å². The highest BCUT2D eigenvalue weighted by molar-refractivity contribution is 7.98. The van der Waals surface area contributed by atoms with Gasteiger partial charge in [-0.15, -0.1) is 15.3 Å². The van der Waals surface area contributed by atoms with Gasteiger partial charge in [0.05, 0.1) is 18.3 Å². The number of hydrogen-bond acceptors (Lipinski definition) is 7. The van der Waals surface area contributed by atoms with Crippen LogP contribution >= 0.6 is 11.8 Å². The molecule has 2 aromatic rings. The van der Waals surface area contributed by atoms with E-state index in [0.29, 0.717) is 18.3 Å². The fraction of sp³-hybridized carbons (Fsp3) is 0.667. The van der Waals surface area contributed by atoms with Crippen LogP contribution in [0.3, 0.4) is 0 Å². The van der Waals surface area contributed by atoms with Crippen LogP contribution in [0.5, 0.6) is 0 Å². The van der Waals surface area contributed by atoms with Gasteiger partial charge in [-0.25, -0.2) is 4.68 Å². The van der Waals surface area contributed by atoms with E-state index in [9.17, 15) is 0 Å². The van der Waals surface area contributed by atoms with Crippen LogP contribution < -0.4 is 5.73 Å². The minimum atomic E-state index is 0.393. The van der Waals surface area contributed by atoms with Crippen molar-refractivity contribution in [3.8, 4) is 0 Å². The topological polar surface area (TPSA) is 100 Å². The van der Waals surface area contributed by atoms with Crippen LogP contribution in [0.25, 0.3) is 0 Å². The molecule has 2 aromatic heterocycles. The molecule has 9 heteroatoms. The van der Waals surface area contributed by atoms with E-state index in [0.717, 1.165) is 16.8 Å². The first kappa shape index (κ1) is 11.6. The highest BCUT2D eigenvalue weighted by Crippen LogP contribution is 2.35. The van der Waals surface area contributed by atoms with Crippen LogP contribution in [0.15, 0.2) is 5.16 Å². The van der Waals surface area contributed by atoms with E-state index in [4.69, 9.17) is 5.73 Å². The molecule has 0 unspecified atom stereocenters. The van der Waals surface area contributed by atoms with E-state index >= 15 is 0 Å². The Bertz CT molecular complexity index is 543. The lowest BCUT2D eigenvalue weighted by molar-refractivity contribution is 0.593. The van der Waals surface area contributed by atoms with Crippen molar-refractivity contribution >= 4 is 11.8 Å². The summed E-state index contributed by atoms with van der Waals surface area (Å²) in [5.74, 6) is 2.36. The quantitative estimate of drug-likeness (QED) is 0.753. The number of nitrogens with zero attached hydrogens (tertiary/aromatic N) is 7. The van der Waals surface area contributed by atoms with Crippen molar-refractivity contribution in [2.45, 2.75) is 36.3 Å². The number of hydrogen-bond donors (Lipinski definition) is 1. The second-order valence-electron chi connectivity index (χ2n) is 4.22. The van der Waals surface area contributed by atoms with Gasteiger partial charge in [-0.3, -0.25) is 0 Å². The highest BCUT2D eigenvalue weighted by atomic mass is 32.2. The average Bonchev–Trinajstić information content (AvgIpc) is 3.01. The summed E-state index contributed by atoms with van der Waals surface area (Å²) in [5.41, 5.74) is 5.56. The van der Waals surface area contributed by atoms with Gasteiger partial charge in [0.25, 0.3) is 0 Å². The molecule has 1 aliphatic carbocycles. The van der Waals surface area contributed by atoms with Gasteiger partial charge in [-0.2, -0.15) is 0 Å². The van der Waals surface area contributed by atoms with Crippen molar-refractivity contribution in [3.05, 3.63) is 11.6 Å². The van der Waals surface area contributed by atoms with Crippen LogP contribution in [-0.2, 0) is 19.3 Å². The van der Waals surface area contributed by atoms with Crippen LogP contribution in [0.1, 0.15) is 30.5 Å². The molecule has 0 saturated heterocycles. The summed E-state index contributed by atoms with van der Waals surface area (Å²) in [4.78, 5) is 0. The maximum Gasteiger partial charge on any atom is 0.191 e. The van der Waals surface area contributed by atoms with Gasteiger partial charge in [0, 0.05) is 7.05 Å². The Hall–Kier alpha value is -1.48. The Balaban J connectivity index is 1.69. The molecule has 0 atom stereocenters. The zero-order valence-corrected chi connectivity index (χ0v) is 10.8. The molecule has 0 bridgehead atoms. The molecule has 1 aliphatic rings. The van der Waals surface area contributed by atoms with Gasteiger partial charge in [0.1, 0.15) is 5.82 Å². The van der Waals surface area contributed by atoms with E-state index in [1.807, 2.05) is 16.3 Å². The zero-order chi connectivity index (χ0) is 12.5. The predicted molar refractivity (Wildman–Crippen MR) is 64.5 cm³/mol. The summed E-state index contributed by atoms with van der Waals surface area (Å²) in [6.45, 7) is 0.393. The fourth-order valence-electron chi connectivity index (χ4n) is 1.69. The lowest BCUT2D eigenvalue weighted by Crippen LogP contribution is -2.06. The third-order valence-corrected chi connectivity index (χ3v) is 3.91. The molecule has 0 aliphatic heterocycles. The third-order valence-electron chi connectivity index (χ3n) is 2.89. The molecule has 0 spiro atoms. The van der Waals surface area contributed by atoms with E-state index in [2.05, 4.69) is 25.7 Å². The molecule has 1 saturated carbocycles. The molecular formula is C9H14N8S. The Kier molecular flexibility index (Phi) is 3.00. The van der Waals surface area contributed by atoms with Gasteiger partial charge in [-0.05, 0) is 23.3 Å². The molecule has 3 rings (SSSR count). The van der Waals surface area contributed by atoms with Gasteiger partial charge in [-0.1, -0.05) is 11.8 Å². The first-order chi connectivity index (χ1) is 8.79. The Labute approximate surface area is 108 Å². The molecule has 1 fully saturated rings. The van der Waals surface area contributed by atoms with Gasteiger partial charge < -0.3 is 10.3 Å². The van der Waals surface area contributed by atoms with E-state index in [-0.39, 0.29) is 0 Å². The van der Waals surface area contributed by atoms with Crippen LogP contribution in [0, 0.1) is 0 Å². The van der Waals surface area contributed by atoms with E-state index in [1.165, 1.54) is 12.8 Å². The van der Waals surface area contributed by atoms with Crippen molar-refractivity contribution in [1.29, 1.82) is 0 Å². The average molecular weight is 266 g/mol. The number of aromatic nitrogens is 7. The second kappa shape index (κ2) is 4.65. The molecule has 2 N–H and O–H groups in total.